The predicted molar refractivity (Wildman–Crippen MR) is 128 cm³/mol. The molecule has 2 heterocycles. The zero-order chi connectivity index (χ0) is 22.3. The lowest BCUT2D eigenvalue weighted by atomic mass is 10.2. The molecular formula is C24H26ClN3O3S. The van der Waals surface area contributed by atoms with Crippen molar-refractivity contribution in [2.45, 2.75) is 30.4 Å². The van der Waals surface area contributed by atoms with E-state index in [9.17, 15) is 9.59 Å². The predicted octanol–water partition coefficient (Wildman–Crippen LogP) is 4.11. The summed E-state index contributed by atoms with van der Waals surface area (Å²) in [6.07, 6.45) is 4.27. The SMILES string of the molecule is O=C(CSc1cn(CCNC(=O)c2ccc(Cl)cc2)c2ccccc12)NC[C@@H]1CCCO1. The summed E-state index contributed by atoms with van der Waals surface area (Å²) in [4.78, 5) is 25.6. The second-order valence-corrected chi connectivity index (χ2v) is 9.15. The Morgan fingerprint density at radius 1 is 1.12 bits per heavy atom. The van der Waals surface area contributed by atoms with E-state index in [1.54, 1.807) is 24.3 Å². The molecule has 0 saturated carbocycles. The summed E-state index contributed by atoms with van der Waals surface area (Å²) in [7, 11) is 0. The quantitative estimate of drug-likeness (QED) is 0.461. The van der Waals surface area contributed by atoms with Gasteiger partial charge in [-0.1, -0.05) is 29.8 Å². The summed E-state index contributed by atoms with van der Waals surface area (Å²) in [6.45, 7) is 2.49. The van der Waals surface area contributed by atoms with E-state index in [1.807, 2.05) is 12.1 Å². The average molecular weight is 472 g/mol. The number of amides is 2. The number of carbonyl (C=O) groups is 2. The lowest BCUT2D eigenvalue weighted by Gasteiger charge is -2.10. The molecule has 6 nitrogen and oxygen atoms in total. The first-order valence-corrected chi connectivity index (χ1v) is 12.1. The number of nitrogens with one attached hydrogen (secondary N) is 2. The van der Waals surface area contributed by atoms with Crippen molar-refractivity contribution in [1.82, 2.24) is 15.2 Å². The summed E-state index contributed by atoms with van der Waals surface area (Å²) >= 11 is 7.41. The summed E-state index contributed by atoms with van der Waals surface area (Å²) in [5.41, 5.74) is 1.66. The Morgan fingerprint density at radius 3 is 2.72 bits per heavy atom. The Bertz CT molecular complexity index is 1080. The van der Waals surface area contributed by atoms with Crippen LogP contribution in [-0.4, -0.2) is 47.9 Å². The molecule has 3 aromatic rings. The molecule has 2 N–H and O–H groups in total. The fourth-order valence-corrected chi connectivity index (χ4v) is 4.78. The number of fused-ring (bicyclic) bond motifs is 1. The van der Waals surface area contributed by atoms with Crippen molar-refractivity contribution in [3.8, 4) is 0 Å². The summed E-state index contributed by atoms with van der Waals surface area (Å²) in [6, 6.07) is 14.9. The van der Waals surface area contributed by atoms with Crippen molar-refractivity contribution in [3.63, 3.8) is 0 Å². The fourth-order valence-electron chi connectivity index (χ4n) is 3.73. The van der Waals surface area contributed by atoms with Gasteiger partial charge in [0.2, 0.25) is 5.91 Å². The van der Waals surface area contributed by atoms with Gasteiger partial charge in [-0.25, -0.2) is 0 Å². The van der Waals surface area contributed by atoms with Gasteiger partial charge in [0.1, 0.15) is 0 Å². The lowest BCUT2D eigenvalue weighted by molar-refractivity contribution is -0.119. The highest BCUT2D eigenvalue weighted by Gasteiger charge is 2.17. The number of thioether (sulfide) groups is 1. The highest BCUT2D eigenvalue weighted by Crippen LogP contribution is 2.29. The van der Waals surface area contributed by atoms with Crippen LogP contribution in [0.5, 0.6) is 0 Å². The molecule has 0 unspecified atom stereocenters. The lowest BCUT2D eigenvalue weighted by Crippen LogP contribution is -2.32. The third-order valence-corrected chi connectivity index (χ3v) is 6.70. The number of rotatable bonds is 9. The number of para-hydroxylation sites is 1. The van der Waals surface area contributed by atoms with Gasteiger partial charge in [0.25, 0.3) is 5.91 Å². The fraction of sp³-hybridized carbons (Fsp3) is 0.333. The molecule has 1 atom stereocenters. The van der Waals surface area contributed by atoms with Gasteiger partial charge in [-0.3, -0.25) is 9.59 Å². The van der Waals surface area contributed by atoms with Gasteiger partial charge < -0.3 is 19.9 Å². The largest absolute Gasteiger partial charge is 0.376 e. The molecule has 0 radical (unpaired) electrons. The topological polar surface area (TPSA) is 72.4 Å². The Hall–Kier alpha value is -2.48. The van der Waals surface area contributed by atoms with Gasteiger partial charge >= 0.3 is 0 Å². The molecule has 4 rings (SSSR count). The normalized spacial score (nSPS) is 15.7. The van der Waals surface area contributed by atoms with Crippen molar-refractivity contribution >= 4 is 46.1 Å². The van der Waals surface area contributed by atoms with Crippen LogP contribution in [0.15, 0.2) is 59.6 Å². The average Bonchev–Trinajstić information content (AvgIpc) is 3.45. The number of halogens is 1. The Kier molecular flexibility index (Phi) is 7.73. The number of nitrogens with zero attached hydrogens (tertiary/aromatic N) is 1. The molecular weight excluding hydrogens is 446 g/mol. The van der Waals surface area contributed by atoms with E-state index in [0.29, 0.717) is 36.0 Å². The van der Waals surface area contributed by atoms with Crippen LogP contribution < -0.4 is 10.6 Å². The minimum atomic E-state index is -0.129. The molecule has 1 aliphatic heterocycles. The van der Waals surface area contributed by atoms with Gasteiger partial charge in [-0.2, -0.15) is 0 Å². The summed E-state index contributed by atoms with van der Waals surface area (Å²) in [5.74, 6) is 0.238. The first-order chi connectivity index (χ1) is 15.6. The molecule has 2 aromatic carbocycles. The van der Waals surface area contributed by atoms with Gasteiger partial charge in [-0.15, -0.1) is 11.8 Å². The summed E-state index contributed by atoms with van der Waals surface area (Å²) in [5, 5.41) is 7.62. The molecule has 1 fully saturated rings. The van der Waals surface area contributed by atoms with Crippen molar-refractivity contribution in [3.05, 3.63) is 65.3 Å². The highest BCUT2D eigenvalue weighted by molar-refractivity contribution is 8.00. The number of ether oxygens (including phenoxy) is 1. The smallest absolute Gasteiger partial charge is 0.251 e. The number of hydrogen-bond donors (Lipinski definition) is 2. The zero-order valence-electron chi connectivity index (χ0n) is 17.7. The van der Waals surface area contributed by atoms with E-state index in [0.717, 1.165) is 35.2 Å². The van der Waals surface area contributed by atoms with Crippen LogP contribution in [0, 0.1) is 0 Å². The molecule has 1 aromatic heterocycles. The van der Waals surface area contributed by atoms with E-state index in [4.69, 9.17) is 16.3 Å². The molecule has 0 bridgehead atoms. The van der Waals surface area contributed by atoms with Crippen molar-refractivity contribution in [2.24, 2.45) is 0 Å². The molecule has 8 heteroatoms. The minimum absolute atomic E-state index is 0.0116. The molecule has 1 aliphatic rings. The minimum Gasteiger partial charge on any atom is -0.376 e. The van der Waals surface area contributed by atoms with Crippen LogP contribution in [0.4, 0.5) is 0 Å². The van der Waals surface area contributed by atoms with Crippen LogP contribution >= 0.6 is 23.4 Å². The van der Waals surface area contributed by atoms with Gasteiger partial charge in [0, 0.05) is 58.8 Å². The van der Waals surface area contributed by atoms with Crippen molar-refractivity contribution in [1.29, 1.82) is 0 Å². The maximum absolute atomic E-state index is 12.3. The summed E-state index contributed by atoms with van der Waals surface area (Å²) < 4.78 is 7.67. The third kappa shape index (κ3) is 5.85. The van der Waals surface area contributed by atoms with E-state index in [2.05, 4.69) is 33.5 Å². The van der Waals surface area contributed by atoms with Crippen LogP contribution in [0.1, 0.15) is 23.2 Å². The second kappa shape index (κ2) is 10.9. The first kappa shape index (κ1) is 22.7. The molecule has 2 amide bonds. The van der Waals surface area contributed by atoms with E-state index < -0.39 is 0 Å². The van der Waals surface area contributed by atoms with Crippen molar-refractivity contribution < 1.29 is 14.3 Å². The Labute approximate surface area is 196 Å². The van der Waals surface area contributed by atoms with Gasteiger partial charge in [0.15, 0.2) is 0 Å². The molecule has 32 heavy (non-hydrogen) atoms. The van der Waals surface area contributed by atoms with E-state index in [-0.39, 0.29) is 17.9 Å². The standard InChI is InChI=1S/C24H26ClN3O3S/c25-18-9-7-17(8-10-18)24(30)26-11-12-28-15-22(20-5-1-2-6-21(20)28)32-16-23(29)27-14-19-4-3-13-31-19/h1-2,5-10,15,19H,3-4,11-14,16H2,(H,26,30)(H,27,29)/t19-/m0/s1. The highest BCUT2D eigenvalue weighted by atomic mass is 35.5. The van der Waals surface area contributed by atoms with Crippen molar-refractivity contribution in [2.75, 3.05) is 25.4 Å². The van der Waals surface area contributed by atoms with E-state index >= 15 is 0 Å². The third-order valence-electron chi connectivity index (χ3n) is 5.41. The van der Waals surface area contributed by atoms with Gasteiger partial charge in [0.05, 0.1) is 11.9 Å². The molecule has 1 saturated heterocycles. The van der Waals surface area contributed by atoms with Crippen LogP contribution in [0.2, 0.25) is 5.02 Å². The van der Waals surface area contributed by atoms with Crippen LogP contribution in [0.25, 0.3) is 10.9 Å². The number of benzene rings is 2. The first-order valence-electron chi connectivity index (χ1n) is 10.7. The zero-order valence-corrected chi connectivity index (χ0v) is 19.3. The molecule has 168 valence electrons. The maximum atomic E-state index is 12.3. The second-order valence-electron chi connectivity index (χ2n) is 7.69. The van der Waals surface area contributed by atoms with Gasteiger partial charge in [-0.05, 0) is 43.2 Å². The maximum Gasteiger partial charge on any atom is 0.251 e. The Balaban J connectivity index is 1.33. The monoisotopic (exact) mass is 471 g/mol. The molecule has 0 spiro atoms. The van der Waals surface area contributed by atoms with Crippen LogP contribution in [-0.2, 0) is 16.1 Å². The van der Waals surface area contributed by atoms with Crippen LogP contribution in [0.3, 0.4) is 0 Å². The molecule has 0 aliphatic carbocycles. The van der Waals surface area contributed by atoms with E-state index in [1.165, 1.54) is 11.8 Å². The number of carbonyl (C=O) groups excluding carboxylic acids is 2. The number of hydrogen-bond acceptors (Lipinski definition) is 4. The Morgan fingerprint density at radius 2 is 1.94 bits per heavy atom. The number of aromatic nitrogens is 1.